The summed E-state index contributed by atoms with van der Waals surface area (Å²) in [6.45, 7) is 0. The second-order valence-corrected chi connectivity index (χ2v) is 5.52. The van der Waals surface area contributed by atoms with E-state index in [-0.39, 0.29) is 0 Å². The maximum Gasteiger partial charge on any atom is 0.175 e. The average Bonchev–Trinajstić information content (AvgIpc) is 2.50. The van der Waals surface area contributed by atoms with Crippen molar-refractivity contribution in [2.24, 2.45) is 0 Å². The van der Waals surface area contributed by atoms with Crippen molar-refractivity contribution in [3.63, 3.8) is 0 Å². The number of hydrogen-bond acceptors (Lipinski definition) is 3. The molecule has 22 heavy (non-hydrogen) atoms. The predicted molar refractivity (Wildman–Crippen MR) is 95.9 cm³/mol. The predicted octanol–water partition coefficient (Wildman–Crippen LogP) is 4.82. The Kier molecular flexibility index (Phi) is 5.71. The van der Waals surface area contributed by atoms with Gasteiger partial charge in [0.25, 0.3) is 0 Å². The summed E-state index contributed by atoms with van der Waals surface area (Å²) in [6.07, 6.45) is 0. The number of halogens is 2. The number of thiocarbonyl (C=S) groups is 1. The van der Waals surface area contributed by atoms with Gasteiger partial charge in [0.1, 0.15) is 11.5 Å². The van der Waals surface area contributed by atoms with Gasteiger partial charge < -0.3 is 20.1 Å². The number of benzene rings is 2. The molecule has 2 aromatic carbocycles. The Hall–Kier alpha value is -1.69. The number of ether oxygens (including phenoxy) is 2. The first-order chi connectivity index (χ1) is 10.5. The fraction of sp³-hybridized carbons (Fsp3) is 0.133. The molecule has 0 atom stereocenters. The van der Waals surface area contributed by atoms with E-state index in [0.717, 1.165) is 0 Å². The molecule has 0 saturated carbocycles. The van der Waals surface area contributed by atoms with Crippen LogP contribution in [0.3, 0.4) is 0 Å². The molecule has 0 radical (unpaired) electrons. The van der Waals surface area contributed by atoms with E-state index in [1.165, 1.54) is 0 Å². The summed E-state index contributed by atoms with van der Waals surface area (Å²) in [5.74, 6) is 1.33. The molecule has 2 rings (SSSR count). The molecule has 2 aromatic rings. The van der Waals surface area contributed by atoms with Gasteiger partial charge in [-0.3, -0.25) is 0 Å². The lowest BCUT2D eigenvalue weighted by Crippen LogP contribution is -2.19. The summed E-state index contributed by atoms with van der Waals surface area (Å²) < 4.78 is 10.5. The summed E-state index contributed by atoms with van der Waals surface area (Å²) in [6, 6.07) is 10.5. The van der Waals surface area contributed by atoms with Crippen molar-refractivity contribution in [2.75, 3.05) is 24.9 Å². The van der Waals surface area contributed by atoms with Gasteiger partial charge in [-0.25, -0.2) is 0 Å². The minimum atomic E-state index is 0.357. The molecule has 4 nitrogen and oxygen atoms in total. The lowest BCUT2D eigenvalue weighted by Gasteiger charge is -2.15. The van der Waals surface area contributed by atoms with Gasteiger partial charge >= 0.3 is 0 Å². The van der Waals surface area contributed by atoms with E-state index in [4.69, 9.17) is 44.9 Å². The third-order valence-electron chi connectivity index (χ3n) is 2.83. The molecule has 0 fully saturated rings. The van der Waals surface area contributed by atoms with E-state index in [1.54, 1.807) is 50.6 Å². The Morgan fingerprint density at radius 1 is 0.955 bits per heavy atom. The molecule has 0 aliphatic carbocycles. The van der Waals surface area contributed by atoms with Gasteiger partial charge in [0, 0.05) is 11.1 Å². The maximum atomic E-state index is 6.10. The summed E-state index contributed by atoms with van der Waals surface area (Å²) in [4.78, 5) is 0. The zero-order chi connectivity index (χ0) is 16.1. The van der Waals surface area contributed by atoms with Crippen LogP contribution in [-0.4, -0.2) is 19.3 Å². The molecule has 116 valence electrons. The van der Waals surface area contributed by atoms with Gasteiger partial charge in [-0.2, -0.15) is 0 Å². The van der Waals surface area contributed by atoms with E-state index in [1.807, 2.05) is 0 Å². The summed E-state index contributed by atoms with van der Waals surface area (Å²) in [5, 5.41) is 7.48. The van der Waals surface area contributed by atoms with Gasteiger partial charge in [0.15, 0.2) is 5.11 Å². The summed E-state index contributed by atoms with van der Waals surface area (Å²) >= 11 is 17.3. The molecular weight excluding hydrogens is 343 g/mol. The molecule has 0 aliphatic heterocycles. The van der Waals surface area contributed by atoms with Crippen LogP contribution in [0.15, 0.2) is 36.4 Å². The highest BCUT2D eigenvalue weighted by atomic mass is 35.5. The molecule has 0 bridgehead atoms. The van der Waals surface area contributed by atoms with E-state index >= 15 is 0 Å². The normalized spacial score (nSPS) is 10.0. The molecular formula is C15H14Cl2N2O2S. The van der Waals surface area contributed by atoms with Crippen molar-refractivity contribution in [1.82, 2.24) is 0 Å². The molecule has 0 aliphatic rings. The molecule has 0 saturated heterocycles. The van der Waals surface area contributed by atoms with Crippen LogP contribution in [0.25, 0.3) is 0 Å². The molecule has 0 spiro atoms. The highest BCUT2D eigenvalue weighted by Gasteiger charge is 2.08. The van der Waals surface area contributed by atoms with Gasteiger partial charge in [-0.15, -0.1) is 0 Å². The monoisotopic (exact) mass is 356 g/mol. The number of hydrogen-bond donors (Lipinski definition) is 2. The molecule has 0 unspecified atom stereocenters. The molecule has 0 aromatic heterocycles. The topological polar surface area (TPSA) is 42.5 Å². The third kappa shape index (κ3) is 4.16. The molecule has 0 heterocycles. The van der Waals surface area contributed by atoms with Gasteiger partial charge in [-0.1, -0.05) is 23.2 Å². The van der Waals surface area contributed by atoms with E-state index in [0.29, 0.717) is 38.0 Å². The van der Waals surface area contributed by atoms with Crippen LogP contribution in [0.4, 0.5) is 11.4 Å². The summed E-state index contributed by atoms with van der Waals surface area (Å²) in [5.41, 5.74) is 1.30. The zero-order valence-electron chi connectivity index (χ0n) is 11.9. The van der Waals surface area contributed by atoms with Crippen LogP contribution in [0.1, 0.15) is 0 Å². The zero-order valence-corrected chi connectivity index (χ0v) is 14.3. The van der Waals surface area contributed by atoms with Crippen LogP contribution in [0, 0.1) is 0 Å². The van der Waals surface area contributed by atoms with Crippen molar-refractivity contribution in [3.8, 4) is 11.5 Å². The Labute approximate surface area is 144 Å². The number of rotatable bonds is 4. The minimum absolute atomic E-state index is 0.357. The summed E-state index contributed by atoms with van der Waals surface area (Å²) in [7, 11) is 3.17. The fourth-order valence-corrected chi connectivity index (χ4v) is 2.34. The fourth-order valence-electron chi connectivity index (χ4n) is 1.78. The number of methoxy groups -OCH3 is 2. The van der Waals surface area contributed by atoms with Crippen LogP contribution < -0.4 is 20.1 Å². The first-order valence-corrected chi connectivity index (χ1v) is 7.45. The highest BCUT2D eigenvalue weighted by Crippen LogP contribution is 2.30. The Morgan fingerprint density at radius 3 is 2.36 bits per heavy atom. The Balaban J connectivity index is 2.16. The van der Waals surface area contributed by atoms with Crippen molar-refractivity contribution in [1.29, 1.82) is 0 Å². The van der Waals surface area contributed by atoms with Crippen LogP contribution in [-0.2, 0) is 0 Å². The number of nitrogens with one attached hydrogen (secondary N) is 2. The van der Waals surface area contributed by atoms with E-state index in [2.05, 4.69) is 10.6 Å². The molecule has 0 amide bonds. The Bertz CT molecular complexity index is 695. The SMILES string of the molecule is COc1ccc(OC)c(NC(=S)Nc2cc(Cl)ccc2Cl)c1. The second-order valence-electron chi connectivity index (χ2n) is 4.27. The standard InChI is InChI=1S/C15H14Cl2N2O2S/c1-20-10-4-6-14(21-2)13(8-10)19-15(22)18-12-7-9(16)3-5-11(12)17/h3-8H,1-2H3,(H2,18,19,22). The van der Waals surface area contributed by atoms with Crippen LogP contribution >= 0.6 is 35.4 Å². The van der Waals surface area contributed by atoms with E-state index < -0.39 is 0 Å². The number of anilines is 2. The van der Waals surface area contributed by atoms with Crippen LogP contribution in [0.5, 0.6) is 11.5 Å². The third-order valence-corrected chi connectivity index (χ3v) is 3.60. The first-order valence-electron chi connectivity index (χ1n) is 6.28. The van der Waals surface area contributed by atoms with Gasteiger partial charge in [-0.05, 0) is 42.5 Å². The lowest BCUT2D eigenvalue weighted by atomic mass is 10.2. The smallest absolute Gasteiger partial charge is 0.175 e. The average molecular weight is 357 g/mol. The maximum absolute atomic E-state index is 6.10. The van der Waals surface area contributed by atoms with Crippen molar-refractivity contribution in [3.05, 3.63) is 46.4 Å². The van der Waals surface area contributed by atoms with Gasteiger partial charge in [0.05, 0.1) is 30.6 Å². The lowest BCUT2D eigenvalue weighted by molar-refractivity contribution is 0.405. The second kappa shape index (κ2) is 7.54. The van der Waals surface area contributed by atoms with Gasteiger partial charge in [0.2, 0.25) is 0 Å². The van der Waals surface area contributed by atoms with Crippen molar-refractivity contribution >= 4 is 51.9 Å². The minimum Gasteiger partial charge on any atom is -0.497 e. The Morgan fingerprint density at radius 2 is 1.68 bits per heavy atom. The van der Waals surface area contributed by atoms with Crippen molar-refractivity contribution in [2.45, 2.75) is 0 Å². The largest absolute Gasteiger partial charge is 0.497 e. The van der Waals surface area contributed by atoms with E-state index in [9.17, 15) is 0 Å². The molecule has 2 N–H and O–H groups in total. The van der Waals surface area contributed by atoms with Crippen LogP contribution in [0.2, 0.25) is 10.0 Å². The quantitative estimate of drug-likeness (QED) is 0.768. The highest BCUT2D eigenvalue weighted by molar-refractivity contribution is 7.80. The molecule has 7 heteroatoms. The van der Waals surface area contributed by atoms with Crippen molar-refractivity contribution < 1.29 is 9.47 Å². The first kappa shape index (κ1) is 16.7.